The molecule has 2 bridgehead atoms. The molecule has 0 radical (unpaired) electrons. The number of amides is 1. The van der Waals surface area contributed by atoms with Gasteiger partial charge in [0.2, 0.25) is 0 Å². The first-order chi connectivity index (χ1) is 12.8. The average Bonchev–Trinajstić information content (AvgIpc) is 3.36. The zero-order valence-electron chi connectivity index (χ0n) is 14.7. The Hall–Kier alpha value is -2.40. The van der Waals surface area contributed by atoms with Gasteiger partial charge in [-0.05, 0) is 37.1 Å². The largest absolute Gasteiger partial charge is 0.369 e. The van der Waals surface area contributed by atoms with E-state index < -0.39 is 0 Å². The second-order valence-electron chi connectivity index (χ2n) is 7.67. The van der Waals surface area contributed by atoms with Crippen molar-refractivity contribution < 1.29 is 9.53 Å². The van der Waals surface area contributed by atoms with Crippen LogP contribution in [0.4, 0.5) is 5.82 Å². The van der Waals surface area contributed by atoms with Gasteiger partial charge in [-0.15, -0.1) is 0 Å². The molecular formula is C21H23N3O2. The lowest BCUT2D eigenvalue weighted by atomic mass is 9.73. The van der Waals surface area contributed by atoms with Crippen LogP contribution < -0.4 is 10.2 Å². The molecule has 4 atom stereocenters. The van der Waals surface area contributed by atoms with E-state index in [-0.39, 0.29) is 17.6 Å². The number of hydrogen-bond donors (Lipinski definition) is 1. The highest BCUT2D eigenvalue weighted by Gasteiger charge is 2.63. The van der Waals surface area contributed by atoms with Crippen LogP contribution in [0.1, 0.15) is 23.2 Å². The fourth-order valence-corrected chi connectivity index (χ4v) is 5.08. The highest BCUT2D eigenvalue weighted by Crippen LogP contribution is 2.55. The van der Waals surface area contributed by atoms with E-state index in [1.54, 1.807) is 0 Å². The van der Waals surface area contributed by atoms with Crippen molar-refractivity contribution in [1.29, 1.82) is 0 Å². The minimum absolute atomic E-state index is 0.00185. The smallest absolute Gasteiger partial charge is 0.251 e. The molecule has 1 aromatic carbocycles. The molecule has 134 valence electrons. The predicted octanol–water partition coefficient (Wildman–Crippen LogP) is 2.50. The summed E-state index contributed by atoms with van der Waals surface area (Å²) in [5, 5.41) is 3.14. The van der Waals surface area contributed by atoms with Crippen molar-refractivity contribution in [3.8, 4) is 0 Å². The van der Waals surface area contributed by atoms with E-state index in [1.165, 1.54) is 0 Å². The monoisotopic (exact) mass is 349 g/mol. The zero-order chi connectivity index (χ0) is 17.6. The second kappa shape index (κ2) is 6.09. The third kappa shape index (κ3) is 2.50. The van der Waals surface area contributed by atoms with Gasteiger partial charge >= 0.3 is 0 Å². The van der Waals surface area contributed by atoms with Crippen LogP contribution in [0.5, 0.6) is 0 Å². The summed E-state index contributed by atoms with van der Waals surface area (Å²) >= 11 is 0. The molecule has 0 saturated carbocycles. The van der Waals surface area contributed by atoms with Crippen molar-refractivity contribution >= 4 is 11.7 Å². The quantitative estimate of drug-likeness (QED) is 0.921. The molecule has 26 heavy (non-hydrogen) atoms. The summed E-state index contributed by atoms with van der Waals surface area (Å²) in [5.41, 5.74) is 0.664. The summed E-state index contributed by atoms with van der Waals surface area (Å²) in [6.45, 7) is 2.55. The molecule has 5 rings (SSSR count). The van der Waals surface area contributed by atoms with E-state index in [1.807, 2.05) is 48.7 Å². The van der Waals surface area contributed by atoms with Crippen LogP contribution >= 0.6 is 0 Å². The number of aromatic nitrogens is 1. The predicted molar refractivity (Wildman–Crippen MR) is 99.0 cm³/mol. The third-order valence-electron chi connectivity index (χ3n) is 6.29. The van der Waals surface area contributed by atoms with Gasteiger partial charge in [0.25, 0.3) is 5.91 Å². The summed E-state index contributed by atoms with van der Waals surface area (Å²) in [5.74, 6) is 1.86. The molecule has 0 unspecified atom stereocenters. The summed E-state index contributed by atoms with van der Waals surface area (Å²) in [6, 6.07) is 15.5. The van der Waals surface area contributed by atoms with Crippen LogP contribution in [-0.4, -0.2) is 42.2 Å². The summed E-state index contributed by atoms with van der Waals surface area (Å²) < 4.78 is 6.47. The Morgan fingerprint density at radius 2 is 2.08 bits per heavy atom. The summed E-state index contributed by atoms with van der Waals surface area (Å²) in [6.07, 6.45) is 4.34. The lowest BCUT2D eigenvalue weighted by molar-refractivity contribution is 0.0141. The lowest BCUT2D eigenvalue weighted by Gasteiger charge is -2.29. The molecule has 3 aliphatic rings. The van der Waals surface area contributed by atoms with Crippen LogP contribution in [0.25, 0.3) is 0 Å². The number of nitrogens with one attached hydrogen (secondary N) is 1. The maximum Gasteiger partial charge on any atom is 0.251 e. The number of rotatable bonds is 4. The first-order valence-electron chi connectivity index (χ1n) is 9.42. The van der Waals surface area contributed by atoms with Crippen molar-refractivity contribution in [1.82, 2.24) is 10.3 Å². The Labute approximate surface area is 153 Å². The minimum atomic E-state index is -0.0513. The zero-order valence-corrected chi connectivity index (χ0v) is 14.7. The van der Waals surface area contributed by atoms with Gasteiger partial charge in [-0.25, -0.2) is 4.98 Å². The second-order valence-corrected chi connectivity index (χ2v) is 7.67. The number of fused-ring (bicyclic) bond motifs is 1. The van der Waals surface area contributed by atoms with Crippen LogP contribution in [0.3, 0.4) is 0 Å². The Balaban J connectivity index is 1.30. The highest BCUT2D eigenvalue weighted by molar-refractivity contribution is 5.94. The highest BCUT2D eigenvalue weighted by atomic mass is 16.5. The van der Waals surface area contributed by atoms with Gasteiger partial charge in [0.05, 0.1) is 11.7 Å². The summed E-state index contributed by atoms with van der Waals surface area (Å²) in [7, 11) is 0. The molecule has 3 saturated heterocycles. The fraction of sp³-hybridized carbons (Fsp3) is 0.429. The van der Waals surface area contributed by atoms with Crippen molar-refractivity contribution in [2.45, 2.75) is 24.5 Å². The van der Waals surface area contributed by atoms with Gasteiger partial charge in [0.15, 0.2) is 0 Å². The molecule has 5 nitrogen and oxygen atoms in total. The van der Waals surface area contributed by atoms with Gasteiger partial charge in [-0.2, -0.15) is 0 Å². The number of carbonyl (C=O) groups excluding carboxylic acids is 1. The molecule has 3 fully saturated rings. The third-order valence-corrected chi connectivity index (χ3v) is 6.29. The van der Waals surface area contributed by atoms with E-state index in [0.717, 1.165) is 31.7 Å². The normalized spacial score (nSPS) is 31.8. The first-order valence-corrected chi connectivity index (χ1v) is 9.42. The number of hydrogen-bond acceptors (Lipinski definition) is 4. The first kappa shape index (κ1) is 15.8. The molecule has 2 aromatic rings. The Bertz CT molecular complexity index is 797. The molecule has 0 aliphatic carbocycles. The van der Waals surface area contributed by atoms with E-state index in [0.29, 0.717) is 23.9 Å². The van der Waals surface area contributed by atoms with Crippen LogP contribution in [0.15, 0.2) is 54.7 Å². The number of ether oxygens (including phenoxy) is 1. The van der Waals surface area contributed by atoms with Gasteiger partial charge in [0, 0.05) is 43.2 Å². The van der Waals surface area contributed by atoms with Crippen LogP contribution in [0, 0.1) is 11.8 Å². The molecule has 1 amide bonds. The standard InChI is InChI=1S/C21H23N3O2/c25-20(15-6-2-1-3-7-15)23-12-16-17-13-24(19-8-4-5-11-22-19)14-21(17)10-9-18(16)26-21/h1-8,11,16-18H,9-10,12-14H2,(H,23,25)/t16-,17+,18+,21+/m0/s1. The van der Waals surface area contributed by atoms with Crippen molar-refractivity contribution in [3.63, 3.8) is 0 Å². The fourth-order valence-electron chi connectivity index (χ4n) is 5.08. The minimum Gasteiger partial charge on any atom is -0.369 e. The molecule has 3 aliphatic heterocycles. The molecule has 1 aromatic heterocycles. The topological polar surface area (TPSA) is 54.5 Å². The van der Waals surface area contributed by atoms with E-state index in [4.69, 9.17) is 4.74 Å². The van der Waals surface area contributed by atoms with Crippen LogP contribution in [-0.2, 0) is 4.74 Å². The molecule has 1 N–H and O–H groups in total. The maximum absolute atomic E-state index is 12.4. The van der Waals surface area contributed by atoms with Crippen molar-refractivity contribution in [2.24, 2.45) is 11.8 Å². The van der Waals surface area contributed by atoms with Crippen molar-refractivity contribution in [3.05, 3.63) is 60.3 Å². The van der Waals surface area contributed by atoms with E-state index >= 15 is 0 Å². The number of carbonyl (C=O) groups is 1. The van der Waals surface area contributed by atoms with Crippen LogP contribution in [0.2, 0.25) is 0 Å². The molecule has 4 heterocycles. The van der Waals surface area contributed by atoms with Gasteiger partial charge in [-0.1, -0.05) is 24.3 Å². The molecule has 1 spiro atoms. The van der Waals surface area contributed by atoms with Gasteiger partial charge in [-0.3, -0.25) is 4.79 Å². The lowest BCUT2D eigenvalue weighted by Crippen LogP contribution is -2.41. The number of anilines is 1. The van der Waals surface area contributed by atoms with Gasteiger partial charge in [0.1, 0.15) is 5.82 Å². The Morgan fingerprint density at radius 1 is 1.23 bits per heavy atom. The molecular weight excluding hydrogens is 326 g/mol. The SMILES string of the molecule is O=C(NC[C@H]1[C@H]2CN(c3ccccn3)C[C@]23CC[C@H]1O3)c1ccccc1. The average molecular weight is 349 g/mol. The van der Waals surface area contributed by atoms with Crippen molar-refractivity contribution in [2.75, 3.05) is 24.5 Å². The van der Waals surface area contributed by atoms with E-state index in [9.17, 15) is 4.79 Å². The Morgan fingerprint density at radius 3 is 2.88 bits per heavy atom. The molecule has 5 heteroatoms. The maximum atomic E-state index is 12.4. The van der Waals surface area contributed by atoms with Gasteiger partial charge < -0.3 is 15.0 Å². The number of pyridine rings is 1. The number of nitrogens with zero attached hydrogens (tertiary/aromatic N) is 2. The Kier molecular flexibility index (Phi) is 3.71. The number of benzene rings is 1. The van der Waals surface area contributed by atoms with E-state index in [2.05, 4.69) is 21.3 Å². The summed E-state index contributed by atoms with van der Waals surface area (Å²) in [4.78, 5) is 19.3.